The second kappa shape index (κ2) is 11.3. The molecule has 1 saturated heterocycles. The van der Waals surface area contributed by atoms with E-state index in [0.29, 0.717) is 5.92 Å². The van der Waals surface area contributed by atoms with Gasteiger partial charge in [0.2, 0.25) is 0 Å². The van der Waals surface area contributed by atoms with Gasteiger partial charge in [0.1, 0.15) is 6.54 Å². The van der Waals surface area contributed by atoms with E-state index in [0.717, 1.165) is 13.0 Å². The van der Waals surface area contributed by atoms with E-state index in [1.54, 1.807) is 0 Å². The molecule has 0 spiro atoms. The minimum atomic E-state index is 0. The highest BCUT2D eigenvalue weighted by atomic mass is 79.9. The quantitative estimate of drug-likeness (QED) is 0.492. The van der Waals surface area contributed by atoms with Crippen LogP contribution in [-0.4, -0.2) is 30.7 Å². The van der Waals surface area contributed by atoms with Crippen LogP contribution in [0.5, 0.6) is 0 Å². The predicted molar refractivity (Wildman–Crippen MR) is 111 cm³/mol. The maximum Gasteiger partial charge on any atom is 0.140 e. The largest absolute Gasteiger partial charge is 1.00 e. The summed E-state index contributed by atoms with van der Waals surface area (Å²) in [6, 6.07) is 21.6. The summed E-state index contributed by atoms with van der Waals surface area (Å²) in [4.78, 5) is 0. The van der Waals surface area contributed by atoms with Crippen LogP contribution in [0.15, 0.2) is 60.7 Å². The van der Waals surface area contributed by atoms with E-state index in [1.807, 2.05) is 0 Å². The van der Waals surface area contributed by atoms with E-state index in [2.05, 4.69) is 79.4 Å². The zero-order chi connectivity index (χ0) is 18.1. The number of piperidine rings is 1. The molecular weight excluding hydrogens is 394 g/mol. The number of nitrogens with zero attached hydrogens (tertiary/aromatic N) is 1. The van der Waals surface area contributed by atoms with E-state index in [1.165, 1.54) is 60.9 Å². The van der Waals surface area contributed by atoms with Gasteiger partial charge in [0, 0.05) is 12.3 Å². The molecule has 1 aliphatic heterocycles. The summed E-state index contributed by atoms with van der Waals surface area (Å²) in [6.07, 6.45) is 6.32. The van der Waals surface area contributed by atoms with E-state index in [-0.39, 0.29) is 17.0 Å². The van der Waals surface area contributed by atoms with Crippen LogP contribution in [0, 0.1) is 11.8 Å². The monoisotopic (exact) mass is 425 g/mol. The SMILES string of the molecule is CCC[N+]1(CC#CCC(c2ccccc2)c2ccccc2)CCCCC1.[Br-]. The van der Waals surface area contributed by atoms with Gasteiger partial charge in [-0.1, -0.05) is 73.5 Å². The molecule has 0 amide bonds. The molecule has 27 heavy (non-hydrogen) atoms. The molecule has 0 saturated carbocycles. The normalized spacial score (nSPS) is 15.5. The van der Waals surface area contributed by atoms with Crippen molar-refractivity contribution in [3.05, 3.63) is 71.8 Å². The molecule has 2 aromatic rings. The van der Waals surface area contributed by atoms with Crippen molar-refractivity contribution in [3.63, 3.8) is 0 Å². The Hall–Kier alpha value is -1.56. The standard InChI is InChI=1S/C25H32N.BrH/c1-2-19-26(20-11-5-12-21-26)22-13-10-18-25(23-14-6-3-7-15-23)24-16-8-4-9-17-24;/h3-4,6-9,14-17,25H,2,5,11-12,18-22H2,1H3;1H/q+1;/p-1. The van der Waals surface area contributed by atoms with Crippen molar-refractivity contribution >= 4 is 0 Å². The molecule has 0 aliphatic carbocycles. The second-order valence-corrected chi connectivity index (χ2v) is 7.66. The number of rotatable bonds is 6. The Morgan fingerprint density at radius 3 is 1.89 bits per heavy atom. The second-order valence-electron chi connectivity index (χ2n) is 7.66. The average Bonchev–Trinajstić information content (AvgIpc) is 2.70. The Bertz CT molecular complexity index is 663. The molecule has 144 valence electrons. The van der Waals surface area contributed by atoms with Gasteiger partial charge in [0.05, 0.1) is 19.6 Å². The number of hydrogen-bond donors (Lipinski definition) is 0. The van der Waals surface area contributed by atoms with Crippen LogP contribution in [0.4, 0.5) is 0 Å². The van der Waals surface area contributed by atoms with Crippen molar-refractivity contribution in [1.29, 1.82) is 0 Å². The maximum absolute atomic E-state index is 3.57. The lowest BCUT2D eigenvalue weighted by Gasteiger charge is -2.40. The summed E-state index contributed by atoms with van der Waals surface area (Å²) in [7, 11) is 0. The summed E-state index contributed by atoms with van der Waals surface area (Å²) in [5.74, 6) is 7.49. The topological polar surface area (TPSA) is 0 Å². The average molecular weight is 426 g/mol. The first-order chi connectivity index (χ1) is 12.8. The van der Waals surface area contributed by atoms with Gasteiger partial charge in [-0.15, -0.1) is 0 Å². The molecule has 0 N–H and O–H groups in total. The van der Waals surface area contributed by atoms with Crippen molar-refractivity contribution in [2.24, 2.45) is 0 Å². The number of halogens is 1. The zero-order valence-corrected chi connectivity index (χ0v) is 18.1. The highest BCUT2D eigenvalue weighted by Gasteiger charge is 2.27. The van der Waals surface area contributed by atoms with Crippen molar-refractivity contribution in [2.45, 2.75) is 44.9 Å². The van der Waals surface area contributed by atoms with Gasteiger partial charge in [-0.25, -0.2) is 0 Å². The molecule has 1 aliphatic rings. The molecule has 1 nitrogen and oxygen atoms in total. The predicted octanol–water partition coefficient (Wildman–Crippen LogP) is 2.63. The number of quaternary nitrogens is 1. The summed E-state index contributed by atoms with van der Waals surface area (Å²) in [5, 5.41) is 0. The highest BCUT2D eigenvalue weighted by Crippen LogP contribution is 2.27. The Morgan fingerprint density at radius 1 is 0.815 bits per heavy atom. The van der Waals surface area contributed by atoms with E-state index in [4.69, 9.17) is 0 Å². The molecule has 0 atom stereocenters. The molecule has 0 radical (unpaired) electrons. The first-order valence-electron chi connectivity index (χ1n) is 10.2. The van der Waals surface area contributed by atoms with Gasteiger partial charge < -0.3 is 21.5 Å². The summed E-state index contributed by atoms with van der Waals surface area (Å²) in [6.45, 7) is 7.27. The fraction of sp³-hybridized carbons (Fsp3) is 0.440. The smallest absolute Gasteiger partial charge is 0.140 e. The molecule has 0 unspecified atom stereocenters. The Balaban J connectivity index is 0.00000261. The van der Waals surface area contributed by atoms with E-state index in [9.17, 15) is 0 Å². The van der Waals surface area contributed by atoms with Crippen LogP contribution in [0.25, 0.3) is 0 Å². The van der Waals surface area contributed by atoms with Gasteiger partial charge >= 0.3 is 0 Å². The van der Waals surface area contributed by atoms with E-state index < -0.39 is 0 Å². The molecule has 1 fully saturated rings. The van der Waals surface area contributed by atoms with Crippen LogP contribution in [0.1, 0.15) is 56.1 Å². The lowest BCUT2D eigenvalue weighted by molar-refractivity contribution is -0.926. The molecule has 3 rings (SSSR count). The van der Waals surface area contributed by atoms with Crippen molar-refractivity contribution in [3.8, 4) is 11.8 Å². The molecular formula is C25H32BrN. The van der Waals surface area contributed by atoms with Gasteiger partial charge in [-0.3, -0.25) is 0 Å². The lowest BCUT2D eigenvalue weighted by Crippen LogP contribution is -3.00. The van der Waals surface area contributed by atoms with Crippen LogP contribution in [0.3, 0.4) is 0 Å². The summed E-state index contributed by atoms with van der Waals surface area (Å²) < 4.78 is 1.23. The highest BCUT2D eigenvalue weighted by molar-refractivity contribution is 5.33. The van der Waals surface area contributed by atoms with Crippen LogP contribution < -0.4 is 17.0 Å². The third-order valence-electron chi connectivity index (χ3n) is 5.71. The first-order valence-corrected chi connectivity index (χ1v) is 10.2. The fourth-order valence-electron chi connectivity index (χ4n) is 4.31. The third kappa shape index (κ3) is 6.23. The number of benzene rings is 2. The lowest BCUT2D eigenvalue weighted by atomic mass is 9.89. The van der Waals surface area contributed by atoms with Gasteiger partial charge in [0.15, 0.2) is 0 Å². The Morgan fingerprint density at radius 2 is 1.37 bits per heavy atom. The Labute approximate surface area is 176 Å². The molecule has 0 bridgehead atoms. The molecule has 2 aromatic carbocycles. The first kappa shape index (κ1) is 21.7. The molecule has 2 heteroatoms. The fourth-order valence-corrected chi connectivity index (χ4v) is 4.31. The number of likely N-dealkylation sites (tertiary alicyclic amines) is 1. The van der Waals surface area contributed by atoms with Gasteiger partial charge in [-0.05, 0) is 42.7 Å². The maximum atomic E-state index is 3.57. The van der Waals surface area contributed by atoms with Gasteiger partial charge in [-0.2, -0.15) is 0 Å². The zero-order valence-electron chi connectivity index (χ0n) is 16.5. The van der Waals surface area contributed by atoms with Crippen LogP contribution in [-0.2, 0) is 0 Å². The number of hydrogen-bond acceptors (Lipinski definition) is 0. The van der Waals surface area contributed by atoms with Crippen molar-refractivity contribution < 1.29 is 21.5 Å². The van der Waals surface area contributed by atoms with Crippen LogP contribution in [0.2, 0.25) is 0 Å². The summed E-state index contributed by atoms with van der Waals surface area (Å²) >= 11 is 0. The van der Waals surface area contributed by atoms with Crippen molar-refractivity contribution in [1.82, 2.24) is 0 Å². The molecule has 0 aromatic heterocycles. The van der Waals surface area contributed by atoms with Crippen molar-refractivity contribution in [2.75, 3.05) is 26.2 Å². The summed E-state index contributed by atoms with van der Waals surface area (Å²) in [5.41, 5.74) is 2.73. The van der Waals surface area contributed by atoms with E-state index >= 15 is 0 Å². The third-order valence-corrected chi connectivity index (χ3v) is 5.71. The molecule has 1 heterocycles. The Kier molecular flexibility index (Phi) is 9.11. The minimum Gasteiger partial charge on any atom is -1.00 e. The van der Waals surface area contributed by atoms with Crippen LogP contribution >= 0.6 is 0 Å². The van der Waals surface area contributed by atoms with Gasteiger partial charge in [0.25, 0.3) is 0 Å². The minimum absolute atomic E-state index is 0.